The molecule has 5 nitrogen and oxygen atoms in total. The maximum absolute atomic E-state index is 12.6. The van der Waals surface area contributed by atoms with Gasteiger partial charge in [0, 0.05) is 25.1 Å². The molecule has 1 unspecified atom stereocenters. The van der Waals surface area contributed by atoms with Crippen molar-refractivity contribution in [2.75, 3.05) is 6.54 Å². The molecule has 0 aromatic rings. The van der Waals surface area contributed by atoms with Crippen molar-refractivity contribution >= 4 is 11.8 Å². The number of amides is 2. The molecule has 3 N–H and O–H groups in total. The zero-order valence-corrected chi connectivity index (χ0v) is 13.3. The highest BCUT2D eigenvalue weighted by molar-refractivity contribution is 5.97. The zero-order chi connectivity index (χ0) is 17.9. The molecule has 2 amide bonds. The third-order valence-electron chi connectivity index (χ3n) is 3.43. The summed E-state index contributed by atoms with van der Waals surface area (Å²) in [7, 11) is 0. The number of carbonyl (C=O) groups is 2. The van der Waals surface area contributed by atoms with Crippen LogP contribution in [0.15, 0.2) is 46.8 Å². The van der Waals surface area contributed by atoms with Gasteiger partial charge in [-0.25, -0.2) is 0 Å². The summed E-state index contributed by atoms with van der Waals surface area (Å²) < 4.78 is 37.7. The lowest BCUT2D eigenvalue weighted by atomic mass is 10.1. The number of hydrogen-bond acceptors (Lipinski definition) is 3. The average molecular weight is 341 g/mol. The minimum atomic E-state index is -4.37. The van der Waals surface area contributed by atoms with E-state index in [-0.39, 0.29) is 24.9 Å². The lowest BCUT2D eigenvalue weighted by Crippen LogP contribution is -2.38. The third kappa shape index (κ3) is 4.74. The highest BCUT2D eigenvalue weighted by atomic mass is 19.4. The summed E-state index contributed by atoms with van der Waals surface area (Å²) >= 11 is 0. The van der Waals surface area contributed by atoms with E-state index in [2.05, 4.69) is 16.0 Å². The van der Waals surface area contributed by atoms with Crippen molar-refractivity contribution in [2.24, 2.45) is 0 Å². The van der Waals surface area contributed by atoms with E-state index in [9.17, 15) is 22.8 Å². The van der Waals surface area contributed by atoms with Crippen molar-refractivity contribution in [1.29, 1.82) is 0 Å². The standard InChI is InChI=1S/C16H18F3N3O2/c1-9-5-12(7-14(21-9)22-10(2)23)15(24)20-8-11-3-4-13(6-11)16(17,18)19/h4-7,9,21H,3,8H2,1-2H3,(H,20,24)(H,22,23). The Kier molecular flexibility index (Phi) is 5.16. The summed E-state index contributed by atoms with van der Waals surface area (Å²) in [6, 6.07) is -0.165. The van der Waals surface area contributed by atoms with E-state index in [0.717, 1.165) is 12.2 Å². The number of carbonyl (C=O) groups excluding carboxylic acids is 2. The monoisotopic (exact) mass is 341 g/mol. The minimum Gasteiger partial charge on any atom is -0.366 e. The molecule has 1 aliphatic carbocycles. The van der Waals surface area contributed by atoms with Gasteiger partial charge in [-0.05, 0) is 37.1 Å². The van der Waals surface area contributed by atoms with Crippen LogP contribution in [0.4, 0.5) is 13.2 Å². The maximum Gasteiger partial charge on any atom is 0.416 e. The first-order valence-electron chi connectivity index (χ1n) is 7.38. The Bertz CT molecular complexity index is 673. The van der Waals surface area contributed by atoms with Gasteiger partial charge in [0.15, 0.2) is 0 Å². The Hall–Kier alpha value is -2.51. The van der Waals surface area contributed by atoms with Crippen LogP contribution >= 0.6 is 0 Å². The molecule has 0 aromatic heterocycles. The molecule has 0 aromatic carbocycles. The Balaban J connectivity index is 1.96. The smallest absolute Gasteiger partial charge is 0.366 e. The second-order valence-corrected chi connectivity index (χ2v) is 5.64. The van der Waals surface area contributed by atoms with Crippen LogP contribution in [-0.2, 0) is 9.59 Å². The Morgan fingerprint density at radius 3 is 2.62 bits per heavy atom. The van der Waals surface area contributed by atoms with Gasteiger partial charge in [0.1, 0.15) is 5.82 Å². The van der Waals surface area contributed by atoms with E-state index >= 15 is 0 Å². The Morgan fingerprint density at radius 2 is 2.04 bits per heavy atom. The van der Waals surface area contributed by atoms with Gasteiger partial charge >= 0.3 is 6.18 Å². The molecule has 0 bridgehead atoms. The van der Waals surface area contributed by atoms with Crippen LogP contribution in [0.1, 0.15) is 20.3 Å². The normalized spacial score (nSPS) is 20.3. The molecule has 0 spiro atoms. The van der Waals surface area contributed by atoms with Crippen LogP contribution in [0.5, 0.6) is 0 Å². The van der Waals surface area contributed by atoms with Gasteiger partial charge in [0.25, 0.3) is 5.91 Å². The Labute approximate surface area is 137 Å². The molecule has 130 valence electrons. The topological polar surface area (TPSA) is 70.2 Å². The van der Waals surface area contributed by atoms with Crippen LogP contribution in [0, 0.1) is 0 Å². The number of nitrogens with one attached hydrogen (secondary N) is 3. The number of hydrogen-bond donors (Lipinski definition) is 3. The molecule has 24 heavy (non-hydrogen) atoms. The lowest BCUT2D eigenvalue weighted by molar-refractivity contribution is -0.119. The van der Waals surface area contributed by atoms with Gasteiger partial charge in [-0.3, -0.25) is 9.59 Å². The number of allylic oxidation sites excluding steroid dienone is 3. The molecule has 1 aliphatic heterocycles. The van der Waals surface area contributed by atoms with Crippen molar-refractivity contribution in [2.45, 2.75) is 32.5 Å². The molecule has 0 fully saturated rings. The molecule has 0 saturated heterocycles. The van der Waals surface area contributed by atoms with Gasteiger partial charge in [0.05, 0.1) is 5.57 Å². The van der Waals surface area contributed by atoms with Gasteiger partial charge in [0.2, 0.25) is 5.91 Å². The molecular formula is C16H18F3N3O2. The second-order valence-electron chi connectivity index (χ2n) is 5.64. The van der Waals surface area contributed by atoms with E-state index in [1.165, 1.54) is 13.0 Å². The fourth-order valence-electron chi connectivity index (χ4n) is 2.40. The molecule has 2 aliphatic rings. The van der Waals surface area contributed by atoms with E-state index in [1.54, 1.807) is 13.0 Å². The number of dihydropyridines is 1. The fourth-order valence-corrected chi connectivity index (χ4v) is 2.40. The predicted molar refractivity (Wildman–Crippen MR) is 82.4 cm³/mol. The van der Waals surface area contributed by atoms with Crippen molar-refractivity contribution < 1.29 is 22.8 Å². The number of alkyl halides is 3. The lowest BCUT2D eigenvalue weighted by Gasteiger charge is -2.21. The molecule has 0 saturated carbocycles. The van der Waals surface area contributed by atoms with Crippen molar-refractivity contribution in [3.63, 3.8) is 0 Å². The first-order valence-corrected chi connectivity index (χ1v) is 7.38. The first-order chi connectivity index (χ1) is 11.1. The first kappa shape index (κ1) is 17.8. The SMILES string of the molecule is CC(=O)NC1=CC(C(=O)NCC2=CC(C(F)(F)F)=CC2)=CC(C)N1. The van der Waals surface area contributed by atoms with Crippen molar-refractivity contribution in [3.05, 3.63) is 46.8 Å². The highest BCUT2D eigenvalue weighted by Gasteiger charge is 2.33. The van der Waals surface area contributed by atoms with Crippen molar-refractivity contribution in [1.82, 2.24) is 16.0 Å². The molecule has 0 radical (unpaired) electrons. The molecule has 1 heterocycles. The summed E-state index contributed by atoms with van der Waals surface area (Å²) in [5.74, 6) is -0.277. The molecule has 1 atom stereocenters. The molecule has 8 heteroatoms. The Morgan fingerprint density at radius 1 is 1.33 bits per heavy atom. The number of halogens is 3. The average Bonchev–Trinajstić information content (AvgIpc) is 2.92. The number of rotatable bonds is 4. The quantitative estimate of drug-likeness (QED) is 0.730. The van der Waals surface area contributed by atoms with Crippen LogP contribution < -0.4 is 16.0 Å². The summed E-state index contributed by atoms with van der Waals surface area (Å²) in [5.41, 5.74) is 0.145. The van der Waals surface area contributed by atoms with E-state index in [1.807, 2.05) is 0 Å². The van der Waals surface area contributed by atoms with Crippen molar-refractivity contribution in [3.8, 4) is 0 Å². The van der Waals surface area contributed by atoms with Gasteiger partial charge in [-0.2, -0.15) is 13.2 Å². The third-order valence-corrected chi connectivity index (χ3v) is 3.43. The maximum atomic E-state index is 12.6. The van der Waals surface area contributed by atoms with Crippen LogP contribution in [0.25, 0.3) is 0 Å². The molecule has 2 rings (SSSR count). The predicted octanol–water partition coefficient (Wildman–Crippen LogP) is 1.82. The zero-order valence-electron chi connectivity index (χ0n) is 13.3. The summed E-state index contributed by atoms with van der Waals surface area (Å²) in [6.07, 6.45) is 1.11. The van der Waals surface area contributed by atoms with Gasteiger partial charge in [-0.15, -0.1) is 0 Å². The fraction of sp³-hybridized carbons (Fsp3) is 0.375. The van der Waals surface area contributed by atoms with Gasteiger partial charge < -0.3 is 16.0 Å². The summed E-state index contributed by atoms with van der Waals surface area (Å²) in [6.45, 7) is 3.20. The van der Waals surface area contributed by atoms with E-state index in [0.29, 0.717) is 17.0 Å². The van der Waals surface area contributed by atoms with Gasteiger partial charge in [-0.1, -0.05) is 6.08 Å². The van der Waals surface area contributed by atoms with Crippen LogP contribution in [-0.4, -0.2) is 30.6 Å². The summed E-state index contributed by atoms with van der Waals surface area (Å²) in [4.78, 5) is 23.3. The van der Waals surface area contributed by atoms with Crippen LogP contribution in [0.2, 0.25) is 0 Å². The largest absolute Gasteiger partial charge is 0.416 e. The second kappa shape index (κ2) is 6.94. The van der Waals surface area contributed by atoms with Crippen LogP contribution in [0.3, 0.4) is 0 Å². The summed E-state index contributed by atoms with van der Waals surface area (Å²) in [5, 5.41) is 8.14. The molecular weight excluding hydrogens is 323 g/mol. The van der Waals surface area contributed by atoms with E-state index in [4.69, 9.17) is 0 Å². The highest BCUT2D eigenvalue weighted by Crippen LogP contribution is 2.32. The van der Waals surface area contributed by atoms with E-state index < -0.39 is 17.7 Å². The minimum absolute atomic E-state index is 0.0391.